The zero-order valence-electron chi connectivity index (χ0n) is 12.2. The summed E-state index contributed by atoms with van der Waals surface area (Å²) in [6.45, 7) is 4.98. The minimum atomic E-state index is -0.749. The van der Waals surface area contributed by atoms with Gasteiger partial charge in [-0.2, -0.15) is 0 Å². The van der Waals surface area contributed by atoms with Crippen molar-refractivity contribution >= 4 is 5.91 Å². The van der Waals surface area contributed by atoms with Crippen LogP contribution in [0.4, 0.5) is 0 Å². The molecule has 0 spiro atoms. The molecule has 1 atom stereocenters. The standard InChI is InChI=1S/C15H24N2O3/c1-3-9-17-15(2,14(16)19)8-10-20-13-6-4-12(11-18)5-7-13/h4-7,17-18H,3,8-11H2,1-2H3,(H2,16,19). The first kappa shape index (κ1) is 16.5. The van der Waals surface area contributed by atoms with Crippen molar-refractivity contribution in [3.8, 4) is 5.75 Å². The van der Waals surface area contributed by atoms with Crippen LogP contribution in [-0.4, -0.2) is 29.7 Å². The highest BCUT2D eigenvalue weighted by Gasteiger charge is 2.29. The number of carbonyl (C=O) groups excluding carboxylic acids is 1. The maximum atomic E-state index is 11.5. The number of primary amides is 1. The van der Waals surface area contributed by atoms with E-state index in [0.29, 0.717) is 18.8 Å². The third-order valence-electron chi connectivity index (χ3n) is 3.29. The van der Waals surface area contributed by atoms with Crippen LogP contribution in [0.15, 0.2) is 24.3 Å². The Kier molecular flexibility index (Phi) is 6.48. The van der Waals surface area contributed by atoms with Gasteiger partial charge in [-0.05, 0) is 37.6 Å². The molecule has 0 heterocycles. The van der Waals surface area contributed by atoms with Gasteiger partial charge in [0.2, 0.25) is 5.91 Å². The second-order valence-corrected chi connectivity index (χ2v) is 5.02. The largest absolute Gasteiger partial charge is 0.494 e. The third-order valence-corrected chi connectivity index (χ3v) is 3.29. The Hall–Kier alpha value is -1.59. The number of amides is 1. The lowest BCUT2D eigenvalue weighted by atomic mass is 9.97. The summed E-state index contributed by atoms with van der Waals surface area (Å²) in [6, 6.07) is 7.20. The number of aliphatic hydroxyl groups excluding tert-OH is 1. The molecule has 0 bridgehead atoms. The van der Waals surface area contributed by atoms with Crippen LogP contribution in [0.5, 0.6) is 5.75 Å². The Labute approximate surface area is 120 Å². The van der Waals surface area contributed by atoms with Crippen molar-refractivity contribution in [1.29, 1.82) is 0 Å². The quantitative estimate of drug-likeness (QED) is 0.634. The van der Waals surface area contributed by atoms with E-state index in [1.165, 1.54) is 0 Å². The summed E-state index contributed by atoms with van der Waals surface area (Å²) in [5.74, 6) is 0.342. The second kappa shape index (κ2) is 7.87. The van der Waals surface area contributed by atoms with Crippen molar-refractivity contribution in [3.63, 3.8) is 0 Å². The number of hydrogen-bond donors (Lipinski definition) is 3. The Morgan fingerprint density at radius 2 is 2.05 bits per heavy atom. The van der Waals surface area contributed by atoms with Gasteiger partial charge in [0, 0.05) is 6.42 Å². The number of benzene rings is 1. The van der Waals surface area contributed by atoms with Gasteiger partial charge in [0.25, 0.3) is 0 Å². The SMILES string of the molecule is CCCNC(C)(CCOc1ccc(CO)cc1)C(N)=O. The Morgan fingerprint density at radius 1 is 1.40 bits per heavy atom. The smallest absolute Gasteiger partial charge is 0.237 e. The van der Waals surface area contributed by atoms with Crippen LogP contribution in [0, 0.1) is 0 Å². The zero-order valence-corrected chi connectivity index (χ0v) is 12.2. The number of rotatable bonds is 9. The molecule has 1 aromatic rings. The fourth-order valence-corrected chi connectivity index (χ4v) is 1.76. The molecule has 0 radical (unpaired) electrons. The average Bonchev–Trinajstić information content (AvgIpc) is 2.45. The molecule has 4 N–H and O–H groups in total. The molecular formula is C15H24N2O3. The highest BCUT2D eigenvalue weighted by molar-refractivity contribution is 5.84. The average molecular weight is 280 g/mol. The maximum Gasteiger partial charge on any atom is 0.237 e. The molecule has 5 nitrogen and oxygen atoms in total. The monoisotopic (exact) mass is 280 g/mol. The third kappa shape index (κ3) is 4.83. The molecule has 5 heteroatoms. The van der Waals surface area contributed by atoms with Crippen molar-refractivity contribution in [3.05, 3.63) is 29.8 Å². The van der Waals surface area contributed by atoms with E-state index in [2.05, 4.69) is 5.32 Å². The molecule has 0 saturated heterocycles. The van der Waals surface area contributed by atoms with Gasteiger partial charge in [0.15, 0.2) is 0 Å². The molecule has 1 rings (SSSR count). The summed E-state index contributed by atoms with van der Waals surface area (Å²) in [6.07, 6.45) is 1.44. The molecule has 1 aromatic carbocycles. The van der Waals surface area contributed by atoms with Crippen LogP contribution in [0.1, 0.15) is 32.3 Å². The predicted octanol–water partition coefficient (Wildman–Crippen LogP) is 1.19. The Morgan fingerprint density at radius 3 is 2.55 bits per heavy atom. The lowest BCUT2D eigenvalue weighted by molar-refractivity contribution is -0.124. The molecule has 0 aliphatic carbocycles. The van der Waals surface area contributed by atoms with Crippen molar-refractivity contribution in [2.45, 2.75) is 38.8 Å². The van der Waals surface area contributed by atoms with E-state index in [1.54, 1.807) is 31.2 Å². The van der Waals surface area contributed by atoms with Gasteiger partial charge in [0.05, 0.1) is 18.8 Å². The summed E-state index contributed by atoms with van der Waals surface area (Å²) in [7, 11) is 0. The van der Waals surface area contributed by atoms with Crippen LogP contribution < -0.4 is 15.8 Å². The van der Waals surface area contributed by atoms with E-state index < -0.39 is 5.54 Å². The van der Waals surface area contributed by atoms with Gasteiger partial charge in [-0.15, -0.1) is 0 Å². The van der Waals surface area contributed by atoms with Crippen molar-refractivity contribution in [2.75, 3.05) is 13.2 Å². The first-order valence-corrected chi connectivity index (χ1v) is 6.89. The van der Waals surface area contributed by atoms with Gasteiger partial charge >= 0.3 is 0 Å². The van der Waals surface area contributed by atoms with Gasteiger partial charge in [-0.1, -0.05) is 19.1 Å². The molecule has 20 heavy (non-hydrogen) atoms. The van der Waals surface area contributed by atoms with Crippen molar-refractivity contribution < 1.29 is 14.6 Å². The van der Waals surface area contributed by atoms with E-state index in [0.717, 1.165) is 18.5 Å². The predicted molar refractivity (Wildman–Crippen MR) is 78.4 cm³/mol. The second-order valence-electron chi connectivity index (χ2n) is 5.02. The van der Waals surface area contributed by atoms with E-state index in [1.807, 2.05) is 6.92 Å². The molecular weight excluding hydrogens is 256 g/mol. The molecule has 0 saturated carbocycles. The summed E-state index contributed by atoms with van der Waals surface area (Å²) in [5, 5.41) is 12.1. The van der Waals surface area contributed by atoms with Crippen molar-refractivity contribution in [1.82, 2.24) is 5.32 Å². The molecule has 1 amide bonds. The number of ether oxygens (including phenoxy) is 1. The van der Waals surface area contributed by atoms with Crippen LogP contribution in [0.2, 0.25) is 0 Å². The normalized spacial score (nSPS) is 13.8. The molecule has 1 unspecified atom stereocenters. The molecule has 112 valence electrons. The van der Waals surface area contributed by atoms with E-state index in [9.17, 15) is 4.79 Å². The number of hydrogen-bond acceptors (Lipinski definition) is 4. The van der Waals surface area contributed by atoms with Crippen LogP contribution in [0.3, 0.4) is 0 Å². The van der Waals surface area contributed by atoms with E-state index in [4.69, 9.17) is 15.6 Å². The molecule has 0 aromatic heterocycles. The summed E-state index contributed by atoms with van der Waals surface area (Å²) >= 11 is 0. The summed E-state index contributed by atoms with van der Waals surface area (Å²) in [5.41, 5.74) is 5.53. The summed E-state index contributed by atoms with van der Waals surface area (Å²) in [4.78, 5) is 11.5. The number of nitrogens with one attached hydrogen (secondary N) is 1. The maximum absolute atomic E-state index is 11.5. The van der Waals surface area contributed by atoms with Gasteiger partial charge in [-0.25, -0.2) is 0 Å². The Bertz CT molecular complexity index is 420. The van der Waals surface area contributed by atoms with Crippen molar-refractivity contribution in [2.24, 2.45) is 5.73 Å². The minimum absolute atomic E-state index is 0.0148. The number of aliphatic hydroxyl groups is 1. The fraction of sp³-hybridized carbons (Fsp3) is 0.533. The lowest BCUT2D eigenvalue weighted by Gasteiger charge is -2.27. The molecule has 0 aliphatic heterocycles. The zero-order chi connectivity index (χ0) is 15.0. The summed E-state index contributed by atoms with van der Waals surface area (Å²) < 4.78 is 5.60. The van der Waals surface area contributed by atoms with Gasteiger partial charge in [-0.3, -0.25) is 4.79 Å². The Balaban J connectivity index is 2.49. The van der Waals surface area contributed by atoms with E-state index in [-0.39, 0.29) is 12.5 Å². The fourth-order valence-electron chi connectivity index (χ4n) is 1.76. The first-order chi connectivity index (χ1) is 9.51. The van der Waals surface area contributed by atoms with Crippen LogP contribution >= 0.6 is 0 Å². The van der Waals surface area contributed by atoms with E-state index >= 15 is 0 Å². The van der Waals surface area contributed by atoms with Gasteiger partial charge < -0.3 is 20.9 Å². The topological polar surface area (TPSA) is 84.6 Å². The molecule has 0 aliphatic rings. The minimum Gasteiger partial charge on any atom is -0.494 e. The van der Waals surface area contributed by atoms with Crippen LogP contribution in [-0.2, 0) is 11.4 Å². The van der Waals surface area contributed by atoms with Crippen LogP contribution in [0.25, 0.3) is 0 Å². The lowest BCUT2D eigenvalue weighted by Crippen LogP contribution is -2.54. The first-order valence-electron chi connectivity index (χ1n) is 6.89. The highest BCUT2D eigenvalue weighted by Crippen LogP contribution is 2.15. The highest BCUT2D eigenvalue weighted by atomic mass is 16.5. The number of nitrogens with two attached hydrogens (primary N) is 1. The number of carbonyl (C=O) groups is 1. The van der Waals surface area contributed by atoms with Gasteiger partial charge in [0.1, 0.15) is 5.75 Å². The molecule has 0 fully saturated rings.